The van der Waals surface area contributed by atoms with E-state index in [0.717, 1.165) is 38.1 Å². The van der Waals surface area contributed by atoms with Gasteiger partial charge in [-0.25, -0.2) is 13.1 Å². The Morgan fingerprint density at radius 1 is 0.951 bits per heavy atom. The Bertz CT molecular complexity index is 1550. The number of amides is 1. The van der Waals surface area contributed by atoms with Crippen molar-refractivity contribution in [1.82, 2.24) is 29.1 Å². The molecule has 11 heteroatoms. The largest absolute Gasteiger partial charge is 0.339 e. The minimum Gasteiger partial charge on any atom is -0.339 e. The number of rotatable bonds is 6. The Morgan fingerprint density at radius 2 is 1.61 bits per heavy atom. The summed E-state index contributed by atoms with van der Waals surface area (Å²) in [6.45, 7) is 14.7. The average Bonchev–Trinajstić information content (AvgIpc) is 3.60. The Labute approximate surface area is 251 Å². The van der Waals surface area contributed by atoms with E-state index in [0.29, 0.717) is 50.5 Å². The number of carbonyl (C=O) groups is 1. The second-order valence-electron chi connectivity index (χ2n) is 11.9. The van der Waals surface area contributed by atoms with Crippen LogP contribution in [0.4, 0.5) is 0 Å². The molecule has 2 aliphatic heterocycles. The van der Waals surface area contributed by atoms with Crippen molar-refractivity contribution in [2.75, 3.05) is 32.7 Å². The van der Waals surface area contributed by atoms with Gasteiger partial charge >= 0.3 is 0 Å². The van der Waals surface area contributed by atoms with Crippen molar-refractivity contribution in [3.63, 3.8) is 0 Å². The molecular formula is C30H39BrN6O3S. The number of aryl methyl sites for hydroxylation is 4. The van der Waals surface area contributed by atoms with Crippen LogP contribution in [0.15, 0.2) is 45.9 Å². The van der Waals surface area contributed by atoms with Crippen molar-refractivity contribution in [2.24, 2.45) is 0 Å². The third kappa shape index (κ3) is 5.61. The molecule has 1 atom stereocenters. The lowest BCUT2D eigenvalue weighted by atomic mass is 9.97. The van der Waals surface area contributed by atoms with Crippen molar-refractivity contribution >= 4 is 31.9 Å². The maximum Gasteiger partial charge on any atom is 0.244 e. The summed E-state index contributed by atoms with van der Waals surface area (Å²) in [5.41, 5.74) is 5.02. The van der Waals surface area contributed by atoms with Crippen LogP contribution in [0.2, 0.25) is 0 Å². The Balaban J connectivity index is 1.27. The van der Waals surface area contributed by atoms with Gasteiger partial charge in [0.1, 0.15) is 11.7 Å². The average molecular weight is 644 g/mol. The lowest BCUT2D eigenvalue weighted by molar-refractivity contribution is -0.137. The molecule has 1 amide bonds. The summed E-state index contributed by atoms with van der Waals surface area (Å²) in [5.74, 6) is -0.0949. The van der Waals surface area contributed by atoms with E-state index in [9.17, 15) is 13.2 Å². The first-order valence-electron chi connectivity index (χ1n) is 14.1. The predicted molar refractivity (Wildman–Crippen MR) is 163 cm³/mol. The van der Waals surface area contributed by atoms with Gasteiger partial charge < -0.3 is 4.90 Å². The van der Waals surface area contributed by atoms with Gasteiger partial charge in [-0.05, 0) is 89.3 Å². The molecule has 0 aliphatic carbocycles. The highest BCUT2D eigenvalue weighted by atomic mass is 79.9. The predicted octanol–water partition coefficient (Wildman–Crippen LogP) is 4.50. The molecule has 2 aliphatic rings. The van der Waals surface area contributed by atoms with Crippen LogP contribution in [0.1, 0.15) is 54.6 Å². The molecule has 1 aromatic heterocycles. The number of hydrogen-bond donors (Lipinski definition) is 0. The van der Waals surface area contributed by atoms with Crippen LogP contribution >= 0.6 is 15.9 Å². The molecule has 2 aromatic carbocycles. The number of sulfonamides is 1. The maximum atomic E-state index is 13.8. The van der Waals surface area contributed by atoms with E-state index in [1.807, 2.05) is 63.1 Å². The molecule has 0 radical (unpaired) electrons. The van der Waals surface area contributed by atoms with E-state index in [1.165, 1.54) is 4.31 Å². The molecule has 0 bridgehead atoms. The molecule has 0 N–H and O–H groups in total. The number of carbonyl (C=O) groups excluding carboxylic acids is 1. The molecule has 2 fully saturated rings. The van der Waals surface area contributed by atoms with Crippen LogP contribution in [0, 0.1) is 27.7 Å². The fraction of sp³-hybridized carbons (Fsp3) is 0.500. The van der Waals surface area contributed by atoms with Gasteiger partial charge in [-0.1, -0.05) is 38.8 Å². The van der Waals surface area contributed by atoms with Gasteiger partial charge in [-0.15, -0.1) is 5.10 Å². The highest BCUT2D eigenvalue weighted by molar-refractivity contribution is 9.10. The second-order valence-corrected chi connectivity index (χ2v) is 14.5. The molecule has 220 valence electrons. The zero-order valence-corrected chi connectivity index (χ0v) is 27.1. The van der Waals surface area contributed by atoms with Crippen molar-refractivity contribution in [1.29, 1.82) is 0 Å². The summed E-state index contributed by atoms with van der Waals surface area (Å²) in [6.07, 6.45) is 3.20. The smallest absolute Gasteiger partial charge is 0.244 e. The minimum atomic E-state index is -3.79. The first-order chi connectivity index (χ1) is 19.3. The molecule has 5 rings (SSSR count). The quantitative estimate of drug-likeness (QED) is 0.393. The summed E-state index contributed by atoms with van der Waals surface area (Å²) < 4.78 is 31.9. The van der Waals surface area contributed by atoms with E-state index in [2.05, 4.69) is 51.1 Å². The van der Waals surface area contributed by atoms with E-state index in [-0.39, 0.29) is 11.4 Å². The summed E-state index contributed by atoms with van der Waals surface area (Å²) in [4.78, 5) is 18.2. The standard InChI is InChI=1S/C30H39BrN6O3S/c1-20-16-22(3)28(23(4)17-20)41(39,40)37-11-7-8-26(37)29(38)34-12-14-35(15-13-34)30(5,6)27-19-36(33-32-27)24-9-10-25(31)21(2)18-24/h9-10,16-19,26H,7-8,11-15H2,1-6H3. The molecule has 9 nitrogen and oxygen atoms in total. The highest BCUT2D eigenvalue weighted by Crippen LogP contribution is 2.33. The van der Waals surface area contributed by atoms with Gasteiger partial charge in [-0.3, -0.25) is 9.69 Å². The zero-order valence-electron chi connectivity index (χ0n) is 24.7. The van der Waals surface area contributed by atoms with Crippen LogP contribution in [-0.2, 0) is 20.4 Å². The monoisotopic (exact) mass is 642 g/mol. The van der Waals surface area contributed by atoms with Crippen LogP contribution < -0.4 is 0 Å². The summed E-state index contributed by atoms with van der Waals surface area (Å²) in [5, 5.41) is 8.88. The first-order valence-corrected chi connectivity index (χ1v) is 16.4. The number of benzene rings is 2. The Morgan fingerprint density at radius 3 is 2.24 bits per heavy atom. The van der Waals surface area contributed by atoms with Gasteiger partial charge in [-0.2, -0.15) is 4.31 Å². The summed E-state index contributed by atoms with van der Waals surface area (Å²) >= 11 is 3.55. The number of aromatic nitrogens is 3. The van der Waals surface area contributed by atoms with Gasteiger partial charge in [0, 0.05) is 37.2 Å². The van der Waals surface area contributed by atoms with Crippen molar-refractivity contribution < 1.29 is 13.2 Å². The fourth-order valence-corrected chi connectivity index (χ4v) is 8.58. The lowest BCUT2D eigenvalue weighted by Crippen LogP contribution is -2.57. The molecule has 0 saturated carbocycles. The number of halogens is 1. The number of piperazine rings is 1. The van der Waals surface area contributed by atoms with Crippen molar-refractivity contribution in [3.05, 3.63) is 68.9 Å². The van der Waals surface area contributed by atoms with Crippen LogP contribution in [0.5, 0.6) is 0 Å². The first kappa shape index (κ1) is 29.9. The Hall–Kier alpha value is -2.60. The minimum absolute atomic E-state index is 0.0949. The highest BCUT2D eigenvalue weighted by Gasteiger charge is 2.43. The SMILES string of the molecule is Cc1cc(C)c(S(=O)(=O)N2CCCC2C(=O)N2CCN(C(C)(C)c3cn(-c4ccc(Br)c(C)c4)nn3)CC2)c(C)c1. The summed E-state index contributed by atoms with van der Waals surface area (Å²) in [6, 6.07) is 9.20. The maximum absolute atomic E-state index is 13.8. The van der Waals surface area contributed by atoms with Gasteiger partial charge in [0.25, 0.3) is 0 Å². The Kier molecular flexibility index (Phi) is 8.19. The van der Waals surface area contributed by atoms with E-state index < -0.39 is 16.1 Å². The van der Waals surface area contributed by atoms with Crippen LogP contribution in [0.3, 0.4) is 0 Å². The number of nitrogens with zero attached hydrogens (tertiary/aromatic N) is 6. The molecule has 41 heavy (non-hydrogen) atoms. The van der Waals surface area contributed by atoms with Gasteiger partial charge in [0.2, 0.25) is 15.9 Å². The molecule has 0 spiro atoms. The molecule has 3 aromatic rings. The topological polar surface area (TPSA) is 91.6 Å². The molecule has 2 saturated heterocycles. The van der Waals surface area contributed by atoms with Crippen LogP contribution in [-0.4, -0.2) is 82.2 Å². The summed E-state index contributed by atoms with van der Waals surface area (Å²) in [7, 11) is -3.79. The van der Waals surface area contributed by atoms with Gasteiger partial charge in [0.05, 0.1) is 22.3 Å². The third-order valence-electron chi connectivity index (χ3n) is 8.57. The van der Waals surface area contributed by atoms with Crippen LogP contribution in [0.25, 0.3) is 5.69 Å². The van der Waals surface area contributed by atoms with E-state index in [4.69, 9.17) is 0 Å². The van der Waals surface area contributed by atoms with Crippen molar-refractivity contribution in [2.45, 2.75) is 70.9 Å². The normalized spacial score (nSPS) is 19.2. The zero-order chi connectivity index (χ0) is 29.7. The molecule has 1 unspecified atom stereocenters. The van der Waals surface area contributed by atoms with E-state index >= 15 is 0 Å². The second kappa shape index (κ2) is 11.2. The third-order valence-corrected chi connectivity index (χ3v) is 11.7. The number of hydrogen-bond acceptors (Lipinski definition) is 6. The lowest BCUT2D eigenvalue weighted by Gasteiger charge is -2.43. The fourth-order valence-electron chi connectivity index (χ4n) is 6.27. The molecule has 3 heterocycles. The van der Waals surface area contributed by atoms with Crippen molar-refractivity contribution in [3.8, 4) is 5.69 Å². The molecular weight excluding hydrogens is 604 g/mol. The van der Waals surface area contributed by atoms with E-state index in [1.54, 1.807) is 4.68 Å². The van der Waals surface area contributed by atoms with Gasteiger partial charge in [0.15, 0.2) is 0 Å².